The molecule has 0 radical (unpaired) electrons. The zero-order valence-electron chi connectivity index (χ0n) is 9.92. The number of para-hydroxylation sites is 1. The van der Waals surface area contributed by atoms with Crippen molar-refractivity contribution in [1.82, 2.24) is 9.78 Å². The third-order valence-corrected chi connectivity index (χ3v) is 3.36. The average molecular weight is 264 g/mol. The number of ether oxygens (including phenoxy) is 1. The Balaban J connectivity index is 1.87. The Kier molecular flexibility index (Phi) is 3.21. The van der Waals surface area contributed by atoms with Crippen LogP contribution in [0.2, 0.25) is 5.02 Å². The van der Waals surface area contributed by atoms with Gasteiger partial charge in [-0.05, 0) is 12.1 Å². The summed E-state index contributed by atoms with van der Waals surface area (Å²) in [6.07, 6.45) is 3.88. The smallest absolute Gasteiger partial charge is 0.0832 e. The summed E-state index contributed by atoms with van der Waals surface area (Å²) in [5.41, 5.74) is 2.01. The Morgan fingerprint density at radius 1 is 1.17 bits per heavy atom. The zero-order valence-corrected chi connectivity index (χ0v) is 10.7. The lowest BCUT2D eigenvalue weighted by atomic mass is 10.3. The maximum atomic E-state index is 6.16. The predicted octanol–water partition coefficient (Wildman–Crippen LogP) is 2.36. The van der Waals surface area contributed by atoms with Gasteiger partial charge in [-0.2, -0.15) is 5.10 Å². The summed E-state index contributed by atoms with van der Waals surface area (Å²) in [5.74, 6) is 0. The average Bonchev–Trinajstić information content (AvgIpc) is 2.90. The maximum Gasteiger partial charge on any atom is 0.0832 e. The molecule has 5 heteroatoms. The normalized spacial score (nSPS) is 15.9. The van der Waals surface area contributed by atoms with Crippen LogP contribution in [-0.2, 0) is 4.74 Å². The Morgan fingerprint density at radius 2 is 1.94 bits per heavy atom. The van der Waals surface area contributed by atoms with Crippen molar-refractivity contribution in [2.45, 2.75) is 0 Å². The minimum absolute atomic E-state index is 0.703. The van der Waals surface area contributed by atoms with E-state index in [9.17, 15) is 0 Å². The van der Waals surface area contributed by atoms with E-state index in [0.717, 1.165) is 37.7 Å². The van der Waals surface area contributed by atoms with E-state index in [2.05, 4.69) is 10.00 Å². The molecule has 0 bridgehead atoms. The molecule has 2 heterocycles. The van der Waals surface area contributed by atoms with Crippen LogP contribution in [0.25, 0.3) is 5.69 Å². The lowest BCUT2D eigenvalue weighted by Crippen LogP contribution is -2.35. The molecule has 0 N–H and O–H groups in total. The summed E-state index contributed by atoms with van der Waals surface area (Å²) in [6.45, 7) is 3.37. The number of benzene rings is 1. The second-order valence-electron chi connectivity index (χ2n) is 4.19. The standard InChI is InChI=1S/C13H14ClN3O/c14-12-3-1-2-4-13(12)17-10-11(9-15-17)16-5-7-18-8-6-16/h1-4,9-10H,5-8H2. The van der Waals surface area contributed by atoms with Crippen LogP contribution in [-0.4, -0.2) is 36.1 Å². The van der Waals surface area contributed by atoms with Gasteiger partial charge in [0.1, 0.15) is 0 Å². The van der Waals surface area contributed by atoms with Gasteiger partial charge < -0.3 is 9.64 Å². The van der Waals surface area contributed by atoms with Gasteiger partial charge in [-0.25, -0.2) is 4.68 Å². The second-order valence-corrected chi connectivity index (χ2v) is 4.60. The van der Waals surface area contributed by atoms with Crippen LogP contribution in [0.3, 0.4) is 0 Å². The van der Waals surface area contributed by atoms with Crippen LogP contribution in [0, 0.1) is 0 Å². The number of halogens is 1. The van der Waals surface area contributed by atoms with Crippen molar-refractivity contribution in [2.24, 2.45) is 0 Å². The van der Waals surface area contributed by atoms with E-state index in [1.807, 2.05) is 41.3 Å². The molecular weight excluding hydrogens is 250 g/mol. The lowest BCUT2D eigenvalue weighted by molar-refractivity contribution is 0.122. The zero-order chi connectivity index (χ0) is 12.4. The fraction of sp³-hybridized carbons (Fsp3) is 0.308. The highest BCUT2D eigenvalue weighted by Crippen LogP contribution is 2.22. The molecule has 1 aliphatic rings. The fourth-order valence-electron chi connectivity index (χ4n) is 2.07. The van der Waals surface area contributed by atoms with Gasteiger partial charge in [-0.1, -0.05) is 23.7 Å². The molecule has 94 valence electrons. The Morgan fingerprint density at radius 3 is 2.72 bits per heavy atom. The Hall–Kier alpha value is -1.52. The Bertz CT molecular complexity index is 535. The first kappa shape index (κ1) is 11.6. The monoisotopic (exact) mass is 263 g/mol. The van der Waals surface area contributed by atoms with Crippen LogP contribution in [0.4, 0.5) is 5.69 Å². The largest absolute Gasteiger partial charge is 0.378 e. The number of hydrogen-bond acceptors (Lipinski definition) is 3. The van der Waals surface area contributed by atoms with Crippen LogP contribution >= 0.6 is 11.6 Å². The summed E-state index contributed by atoms with van der Waals surface area (Å²) in [4.78, 5) is 2.27. The molecule has 1 fully saturated rings. The van der Waals surface area contributed by atoms with Crippen LogP contribution in [0.15, 0.2) is 36.7 Å². The van der Waals surface area contributed by atoms with Gasteiger partial charge in [0.15, 0.2) is 0 Å². The van der Waals surface area contributed by atoms with Gasteiger partial charge in [0.25, 0.3) is 0 Å². The third kappa shape index (κ3) is 2.21. The second kappa shape index (κ2) is 5.00. The van der Waals surface area contributed by atoms with E-state index in [0.29, 0.717) is 5.02 Å². The topological polar surface area (TPSA) is 30.3 Å². The van der Waals surface area contributed by atoms with E-state index in [4.69, 9.17) is 16.3 Å². The molecule has 1 aliphatic heterocycles. The van der Waals surface area contributed by atoms with Gasteiger partial charge in [0.2, 0.25) is 0 Å². The van der Waals surface area contributed by atoms with Crippen molar-refractivity contribution in [3.8, 4) is 5.69 Å². The fourth-order valence-corrected chi connectivity index (χ4v) is 2.29. The summed E-state index contributed by atoms with van der Waals surface area (Å²) >= 11 is 6.16. The maximum absolute atomic E-state index is 6.16. The van der Waals surface area contributed by atoms with Crippen molar-refractivity contribution in [3.05, 3.63) is 41.7 Å². The van der Waals surface area contributed by atoms with Gasteiger partial charge >= 0.3 is 0 Å². The minimum Gasteiger partial charge on any atom is -0.378 e. The van der Waals surface area contributed by atoms with Crippen molar-refractivity contribution in [2.75, 3.05) is 31.2 Å². The summed E-state index contributed by atoms with van der Waals surface area (Å²) in [5, 5.41) is 5.08. The van der Waals surface area contributed by atoms with Crippen molar-refractivity contribution in [3.63, 3.8) is 0 Å². The van der Waals surface area contributed by atoms with E-state index in [1.54, 1.807) is 0 Å². The van der Waals surface area contributed by atoms with Crippen molar-refractivity contribution >= 4 is 17.3 Å². The first-order valence-electron chi connectivity index (χ1n) is 5.97. The Labute approximate surface area is 111 Å². The highest BCUT2D eigenvalue weighted by atomic mass is 35.5. The molecule has 0 amide bonds. The van der Waals surface area contributed by atoms with E-state index >= 15 is 0 Å². The summed E-state index contributed by atoms with van der Waals surface area (Å²) in [7, 11) is 0. The molecule has 1 saturated heterocycles. The molecule has 18 heavy (non-hydrogen) atoms. The van der Waals surface area contributed by atoms with Crippen LogP contribution in [0.1, 0.15) is 0 Å². The van der Waals surface area contributed by atoms with Crippen LogP contribution in [0.5, 0.6) is 0 Å². The molecule has 1 aromatic carbocycles. The number of rotatable bonds is 2. The van der Waals surface area contributed by atoms with Crippen LogP contribution < -0.4 is 4.90 Å². The number of morpholine rings is 1. The first-order chi connectivity index (χ1) is 8.84. The molecular formula is C13H14ClN3O. The SMILES string of the molecule is Clc1ccccc1-n1cc(N2CCOCC2)cn1. The van der Waals surface area contributed by atoms with Crippen molar-refractivity contribution < 1.29 is 4.74 Å². The van der Waals surface area contributed by atoms with Gasteiger partial charge in [0.05, 0.1) is 42.0 Å². The molecule has 0 atom stereocenters. The molecule has 2 aromatic rings. The van der Waals surface area contributed by atoms with Gasteiger partial charge in [0, 0.05) is 13.1 Å². The highest BCUT2D eigenvalue weighted by molar-refractivity contribution is 6.32. The molecule has 1 aromatic heterocycles. The lowest BCUT2D eigenvalue weighted by Gasteiger charge is -2.27. The molecule has 0 unspecified atom stereocenters. The molecule has 0 saturated carbocycles. The summed E-state index contributed by atoms with van der Waals surface area (Å²) < 4.78 is 7.15. The van der Waals surface area contributed by atoms with Gasteiger partial charge in [-0.15, -0.1) is 0 Å². The number of anilines is 1. The molecule has 0 aliphatic carbocycles. The molecule has 3 rings (SSSR count). The molecule has 4 nitrogen and oxygen atoms in total. The summed E-state index contributed by atoms with van der Waals surface area (Å²) in [6, 6.07) is 7.70. The number of nitrogens with zero attached hydrogens (tertiary/aromatic N) is 3. The van der Waals surface area contributed by atoms with Gasteiger partial charge in [-0.3, -0.25) is 0 Å². The van der Waals surface area contributed by atoms with E-state index in [1.165, 1.54) is 0 Å². The van der Waals surface area contributed by atoms with E-state index < -0.39 is 0 Å². The molecule has 0 spiro atoms. The number of aromatic nitrogens is 2. The van der Waals surface area contributed by atoms with Crippen molar-refractivity contribution in [1.29, 1.82) is 0 Å². The predicted molar refractivity (Wildman–Crippen MR) is 71.6 cm³/mol. The minimum atomic E-state index is 0.703. The highest BCUT2D eigenvalue weighted by Gasteiger charge is 2.13. The number of hydrogen-bond donors (Lipinski definition) is 0. The quantitative estimate of drug-likeness (QED) is 0.833. The first-order valence-corrected chi connectivity index (χ1v) is 6.35. The third-order valence-electron chi connectivity index (χ3n) is 3.04. The van der Waals surface area contributed by atoms with E-state index in [-0.39, 0.29) is 0 Å².